The number of ether oxygens (including phenoxy) is 1. The molecule has 0 atom stereocenters. The van der Waals surface area contributed by atoms with Gasteiger partial charge >= 0.3 is 0 Å². The van der Waals surface area contributed by atoms with E-state index in [1.54, 1.807) is 37.4 Å². The molecule has 2 aromatic carbocycles. The van der Waals surface area contributed by atoms with Crippen LogP contribution in [-0.4, -0.2) is 29.0 Å². The zero-order chi connectivity index (χ0) is 19.2. The first-order valence-corrected chi connectivity index (χ1v) is 8.61. The standard InChI is InChI=1S/C20H20N4O3/c1-3-11-24-20(26)17-10-5-4-9-16(17)18(23-24)19(25)22-21-13-14-7-6-8-15(12-14)27-2/h4-10,12-13H,3,11H2,1-2H3,(H,22,25)/b21-13+. The first-order chi connectivity index (χ1) is 13.1. The van der Waals surface area contributed by atoms with E-state index in [9.17, 15) is 9.59 Å². The molecule has 0 unspecified atom stereocenters. The molecule has 0 bridgehead atoms. The highest BCUT2D eigenvalue weighted by molar-refractivity contribution is 6.04. The smallest absolute Gasteiger partial charge is 0.292 e. The SMILES string of the molecule is CCCn1nc(C(=O)N/N=C/c2cccc(OC)c2)c2ccccc2c1=O. The molecule has 0 aliphatic carbocycles. The maximum atomic E-state index is 12.6. The van der Waals surface area contributed by atoms with Crippen molar-refractivity contribution in [2.24, 2.45) is 5.10 Å². The Morgan fingerprint density at radius 2 is 2.00 bits per heavy atom. The molecule has 0 saturated heterocycles. The summed E-state index contributed by atoms with van der Waals surface area (Å²) in [5.41, 5.74) is 3.22. The van der Waals surface area contributed by atoms with Gasteiger partial charge in [0.05, 0.1) is 18.7 Å². The largest absolute Gasteiger partial charge is 0.497 e. The molecule has 0 spiro atoms. The van der Waals surface area contributed by atoms with Crippen molar-refractivity contribution in [3.63, 3.8) is 0 Å². The van der Waals surface area contributed by atoms with E-state index in [0.717, 1.165) is 12.0 Å². The zero-order valence-electron chi connectivity index (χ0n) is 15.2. The van der Waals surface area contributed by atoms with Crippen LogP contribution in [0.3, 0.4) is 0 Å². The fraction of sp³-hybridized carbons (Fsp3) is 0.200. The molecule has 3 rings (SSSR count). The van der Waals surface area contributed by atoms with Gasteiger partial charge in [0.1, 0.15) is 5.75 Å². The molecule has 7 heteroatoms. The quantitative estimate of drug-likeness (QED) is 0.538. The minimum absolute atomic E-state index is 0.168. The second-order valence-corrected chi connectivity index (χ2v) is 5.90. The Labute approximate surface area is 156 Å². The number of hydrogen-bond acceptors (Lipinski definition) is 5. The van der Waals surface area contributed by atoms with Crippen LogP contribution in [0.2, 0.25) is 0 Å². The number of amides is 1. The van der Waals surface area contributed by atoms with Crippen LogP contribution in [0.1, 0.15) is 29.4 Å². The minimum atomic E-state index is -0.477. The van der Waals surface area contributed by atoms with Crippen molar-refractivity contribution >= 4 is 22.9 Å². The summed E-state index contributed by atoms with van der Waals surface area (Å²) in [6.07, 6.45) is 2.25. The van der Waals surface area contributed by atoms with Crippen molar-refractivity contribution in [3.05, 3.63) is 70.1 Å². The molecule has 0 aliphatic rings. The normalized spacial score (nSPS) is 11.0. The molecule has 1 heterocycles. The van der Waals surface area contributed by atoms with E-state index in [0.29, 0.717) is 23.1 Å². The Balaban J connectivity index is 1.90. The molecule has 138 valence electrons. The number of hydrazone groups is 1. The highest BCUT2D eigenvalue weighted by atomic mass is 16.5. The molecule has 3 aromatic rings. The van der Waals surface area contributed by atoms with Gasteiger partial charge in [-0.1, -0.05) is 37.3 Å². The van der Waals surface area contributed by atoms with Crippen molar-refractivity contribution < 1.29 is 9.53 Å². The first-order valence-electron chi connectivity index (χ1n) is 8.61. The molecule has 0 saturated carbocycles. The van der Waals surface area contributed by atoms with Gasteiger partial charge in [-0.15, -0.1) is 0 Å². The predicted octanol–water partition coefficient (Wildman–Crippen LogP) is 2.58. The summed E-state index contributed by atoms with van der Waals surface area (Å²) in [5.74, 6) is 0.222. The lowest BCUT2D eigenvalue weighted by Crippen LogP contribution is -2.29. The molecule has 1 aromatic heterocycles. The molecular formula is C20H20N4O3. The van der Waals surface area contributed by atoms with E-state index in [1.807, 2.05) is 25.1 Å². The lowest BCUT2D eigenvalue weighted by Gasteiger charge is -2.09. The van der Waals surface area contributed by atoms with Crippen LogP contribution >= 0.6 is 0 Å². The summed E-state index contributed by atoms with van der Waals surface area (Å²) in [4.78, 5) is 25.1. The van der Waals surface area contributed by atoms with Gasteiger partial charge in [0, 0.05) is 11.9 Å². The molecule has 0 radical (unpaired) electrons. The number of fused-ring (bicyclic) bond motifs is 1. The van der Waals surface area contributed by atoms with Crippen LogP contribution in [0, 0.1) is 0 Å². The van der Waals surface area contributed by atoms with Crippen LogP contribution in [0.25, 0.3) is 10.8 Å². The van der Waals surface area contributed by atoms with Crippen LogP contribution in [0.15, 0.2) is 58.4 Å². The summed E-state index contributed by atoms with van der Waals surface area (Å²) >= 11 is 0. The van der Waals surface area contributed by atoms with E-state index < -0.39 is 5.91 Å². The Bertz CT molecular complexity index is 1060. The number of methoxy groups -OCH3 is 1. The molecule has 0 aliphatic heterocycles. The van der Waals surface area contributed by atoms with Crippen LogP contribution in [-0.2, 0) is 6.54 Å². The number of benzene rings is 2. The van der Waals surface area contributed by atoms with Crippen molar-refractivity contribution in [1.82, 2.24) is 15.2 Å². The topological polar surface area (TPSA) is 85.6 Å². The zero-order valence-corrected chi connectivity index (χ0v) is 15.2. The Morgan fingerprint density at radius 3 is 2.74 bits per heavy atom. The maximum absolute atomic E-state index is 12.6. The Hall–Kier alpha value is -3.48. The van der Waals surface area contributed by atoms with E-state index >= 15 is 0 Å². The fourth-order valence-electron chi connectivity index (χ4n) is 2.71. The van der Waals surface area contributed by atoms with Crippen LogP contribution in [0.5, 0.6) is 5.75 Å². The van der Waals surface area contributed by atoms with E-state index in [2.05, 4.69) is 15.6 Å². The summed E-state index contributed by atoms with van der Waals surface area (Å²) in [5, 5.41) is 9.20. The molecule has 1 amide bonds. The number of aryl methyl sites for hydroxylation is 1. The number of nitrogens with one attached hydrogen (secondary N) is 1. The lowest BCUT2D eigenvalue weighted by atomic mass is 10.1. The number of hydrogen-bond donors (Lipinski definition) is 1. The summed E-state index contributed by atoms with van der Waals surface area (Å²) < 4.78 is 6.48. The molecule has 1 N–H and O–H groups in total. The third-order valence-corrected chi connectivity index (χ3v) is 3.99. The number of rotatable bonds is 6. The highest BCUT2D eigenvalue weighted by Crippen LogP contribution is 2.14. The van der Waals surface area contributed by atoms with E-state index in [-0.39, 0.29) is 11.3 Å². The first kappa shape index (κ1) is 18.3. The Morgan fingerprint density at radius 1 is 1.22 bits per heavy atom. The van der Waals surface area contributed by atoms with Gasteiger partial charge in [0.15, 0.2) is 5.69 Å². The average molecular weight is 364 g/mol. The molecule has 7 nitrogen and oxygen atoms in total. The van der Waals surface area contributed by atoms with Crippen molar-refractivity contribution in [3.8, 4) is 5.75 Å². The number of aromatic nitrogens is 2. The van der Waals surface area contributed by atoms with Crippen molar-refractivity contribution in [1.29, 1.82) is 0 Å². The second kappa shape index (κ2) is 8.27. The summed E-state index contributed by atoms with van der Waals surface area (Å²) in [7, 11) is 1.58. The van der Waals surface area contributed by atoms with Crippen LogP contribution < -0.4 is 15.7 Å². The van der Waals surface area contributed by atoms with Crippen molar-refractivity contribution in [2.75, 3.05) is 7.11 Å². The fourth-order valence-corrected chi connectivity index (χ4v) is 2.71. The number of carbonyl (C=O) groups excluding carboxylic acids is 1. The molecular weight excluding hydrogens is 344 g/mol. The monoisotopic (exact) mass is 364 g/mol. The molecule has 27 heavy (non-hydrogen) atoms. The van der Waals surface area contributed by atoms with E-state index in [1.165, 1.54) is 10.9 Å². The van der Waals surface area contributed by atoms with Crippen LogP contribution in [0.4, 0.5) is 0 Å². The average Bonchev–Trinajstić information content (AvgIpc) is 2.70. The van der Waals surface area contributed by atoms with Gasteiger partial charge in [0.25, 0.3) is 11.5 Å². The summed E-state index contributed by atoms with van der Waals surface area (Å²) in [6, 6.07) is 14.2. The van der Waals surface area contributed by atoms with Crippen molar-refractivity contribution in [2.45, 2.75) is 19.9 Å². The minimum Gasteiger partial charge on any atom is -0.497 e. The predicted molar refractivity (Wildman–Crippen MR) is 104 cm³/mol. The van der Waals surface area contributed by atoms with Gasteiger partial charge in [-0.25, -0.2) is 10.1 Å². The van der Waals surface area contributed by atoms with Gasteiger partial charge in [-0.05, 0) is 30.2 Å². The third kappa shape index (κ3) is 4.03. The summed E-state index contributed by atoms with van der Waals surface area (Å²) in [6.45, 7) is 2.39. The van der Waals surface area contributed by atoms with Gasteiger partial charge in [-0.2, -0.15) is 10.2 Å². The number of nitrogens with zero attached hydrogens (tertiary/aromatic N) is 3. The van der Waals surface area contributed by atoms with Gasteiger partial charge in [0.2, 0.25) is 0 Å². The second-order valence-electron chi connectivity index (χ2n) is 5.90. The highest BCUT2D eigenvalue weighted by Gasteiger charge is 2.15. The van der Waals surface area contributed by atoms with E-state index in [4.69, 9.17) is 4.74 Å². The van der Waals surface area contributed by atoms with Gasteiger partial charge < -0.3 is 4.74 Å². The molecule has 0 fully saturated rings. The maximum Gasteiger partial charge on any atom is 0.292 e. The third-order valence-electron chi connectivity index (χ3n) is 3.99. The van der Waals surface area contributed by atoms with Gasteiger partial charge in [-0.3, -0.25) is 9.59 Å². The number of carbonyl (C=O) groups is 1. The Kier molecular flexibility index (Phi) is 5.61. The lowest BCUT2D eigenvalue weighted by molar-refractivity contribution is 0.0949.